The number of carbonyl (C=O) groups is 4. The zero-order valence-corrected chi connectivity index (χ0v) is 62.5. The molecular formula is C74H144O17P2. The summed E-state index contributed by atoms with van der Waals surface area (Å²) >= 11 is 0. The Hall–Kier alpha value is -1.94. The molecule has 0 heterocycles. The molecule has 3 unspecified atom stereocenters. The van der Waals surface area contributed by atoms with E-state index < -0.39 is 97.5 Å². The van der Waals surface area contributed by atoms with E-state index in [1.165, 1.54) is 186 Å². The molecule has 0 saturated heterocycles. The minimum absolute atomic E-state index is 0.105. The fourth-order valence-electron chi connectivity index (χ4n) is 11.2. The number of ether oxygens (including phenoxy) is 4. The van der Waals surface area contributed by atoms with Crippen LogP contribution < -0.4 is 0 Å². The second-order valence-corrected chi connectivity index (χ2v) is 30.8. The fourth-order valence-corrected chi connectivity index (χ4v) is 12.8. The van der Waals surface area contributed by atoms with Crippen molar-refractivity contribution < 1.29 is 80.2 Å². The minimum atomic E-state index is -4.96. The van der Waals surface area contributed by atoms with Gasteiger partial charge in [0.25, 0.3) is 0 Å². The van der Waals surface area contributed by atoms with Crippen molar-refractivity contribution in [2.24, 2.45) is 17.8 Å². The van der Waals surface area contributed by atoms with Gasteiger partial charge in [-0.3, -0.25) is 37.3 Å². The lowest BCUT2D eigenvalue weighted by Crippen LogP contribution is -2.30. The lowest BCUT2D eigenvalue weighted by Gasteiger charge is -2.21. The lowest BCUT2D eigenvalue weighted by atomic mass is 9.99. The molecule has 552 valence electrons. The van der Waals surface area contributed by atoms with Crippen molar-refractivity contribution in [3.63, 3.8) is 0 Å². The van der Waals surface area contributed by atoms with Crippen molar-refractivity contribution in [3.8, 4) is 0 Å². The van der Waals surface area contributed by atoms with Crippen LogP contribution in [0.15, 0.2) is 0 Å². The topological polar surface area (TPSA) is 237 Å². The molecule has 0 aromatic heterocycles. The van der Waals surface area contributed by atoms with Crippen molar-refractivity contribution in [1.29, 1.82) is 0 Å². The van der Waals surface area contributed by atoms with Crippen molar-refractivity contribution >= 4 is 39.5 Å². The van der Waals surface area contributed by atoms with E-state index in [-0.39, 0.29) is 25.7 Å². The highest BCUT2D eigenvalue weighted by Gasteiger charge is 2.30. The maximum Gasteiger partial charge on any atom is 0.472 e. The minimum Gasteiger partial charge on any atom is -0.462 e. The van der Waals surface area contributed by atoms with Gasteiger partial charge in [-0.1, -0.05) is 325 Å². The van der Waals surface area contributed by atoms with Crippen molar-refractivity contribution in [2.45, 2.75) is 394 Å². The number of phosphoric ester groups is 2. The van der Waals surface area contributed by atoms with Crippen LogP contribution in [-0.4, -0.2) is 96.7 Å². The second-order valence-electron chi connectivity index (χ2n) is 27.9. The summed E-state index contributed by atoms with van der Waals surface area (Å²) in [5, 5.41) is 10.6. The average molecular weight is 1370 g/mol. The van der Waals surface area contributed by atoms with Crippen LogP contribution >= 0.6 is 15.6 Å². The molecule has 6 atom stereocenters. The van der Waals surface area contributed by atoms with Gasteiger partial charge in [0.1, 0.15) is 19.3 Å². The van der Waals surface area contributed by atoms with E-state index in [0.717, 1.165) is 108 Å². The predicted octanol–water partition coefficient (Wildman–Crippen LogP) is 21.4. The number of aliphatic hydroxyl groups is 1. The molecule has 0 spiro atoms. The van der Waals surface area contributed by atoms with Gasteiger partial charge in [-0.05, 0) is 43.4 Å². The maximum absolute atomic E-state index is 13.1. The summed E-state index contributed by atoms with van der Waals surface area (Å²) in [6.45, 7) is 11.9. The zero-order valence-electron chi connectivity index (χ0n) is 60.7. The molecule has 0 fully saturated rings. The Morgan fingerprint density at radius 3 is 0.817 bits per heavy atom. The summed E-state index contributed by atoms with van der Waals surface area (Å²) in [7, 11) is -9.91. The molecule has 0 aliphatic rings. The summed E-state index contributed by atoms with van der Waals surface area (Å²) in [5.41, 5.74) is 0. The first-order valence-corrected chi connectivity index (χ1v) is 41.4. The summed E-state index contributed by atoms with van der Waals surface area (Å²) in [4.78, 5) is 72.8. The molecule has 3 N–H and O–H groups in total. The van der Waals surface area contributed by atoms with Gasteiger partial charge in [-0.2, -0.15) is 0 Å². The molecule has 0 bridgehead atoms. The van der Waals surface area contributed by atoms with Crippen molar-refractivity contribution in [1.82, 2.24) is 0 Å². The third kappa shape index (κ3) is 67.0. The number of rotatable bonds is 72. The number of phosphoric acid groups is 2. The van der Waals surface area contributed by atoms with E-state index >= 15 is 0 Å². The predicted molar refractivity (Wildman–Crippen MR) is 377 cm³/mol. The third-order valence-corrected chi connectivity index (χ3v) is 19.4. The molecule has 0 aromatic rings. The first kappa shape index (κ1) is 91.1. The van der Waals surface area contributed by atoms with E-state index in [2.05, 4.69) is 48.5 Å². The molecule has 0 amide bonds. The Labute approximate surface area is 568 Å². The lowest BCUT2D eigenvalue weighted by molar-refractivity contribution is -0.161. The highest BCUT2D eigenvalue weighted by atomic mass is 31.2. The van der Waals surface area contributed by atoms with Gasteiger partial charge in [0, 0.05) is 25.7 Å². The van der Waals surface area contributed by atoms with Gasteiger partial charge in [0.2, 0.25) is 0 Å². The smallest absolute Gasteiger partial charge is 0.462 e. The number of hydrogen-bond acceptors (Lipinski definition) is 15. The molecule has 0 rings (SSSR count). The Morgan fingerprint density at radius 1 is 0.312 bits per heavy atom. The highest BCUT2D eigenvalue weighted by molar-refractivity contribution is 7.47. The van der Waals surface area contributed by atoms with Crippen molar-refractivity contribution in [2.75, 3.05) is 39.6 Å². The monoisotopic (exact) mass is 1370 g/mol. The zero-order chi connectivity index (χ0) is 68.7. The number of hydrogen-bond donors (Lipinski definition) is 3. The fraction of sp³-hybridized carbons (Fsp3) is 0.946. The first-order valence-electron chi connectivity index (χ1n) is 38.4. The normalized spacial score (nSPS) is 14.4. The standard InChI is InChI=1S/C74H144O17P2/c1-8-10-11-12-13-14-15-16-17-18-19-20-27-36-43-50-57-73(78)90-69(61-84-71(76)55-48-41-34-26-22-21-24-31-38-45-52-65(3)4)63-88-92(80,81)86-59-68(75)60-87-93(82,83)89-64-70(91-74(79)58-51-44-37-28-23-25-32-39-46-53-66(5)6)62-85-72(77)56-49-42-35-30-29-33-40-47-54-67(7)9-2/h65-70,75H,8-64H2,1-7H3,(H,80,81)(H,82,83)/t67?,68-,69-,70-/m1/s1. The van der Waals surface area contributed by atoms with Crippen molar-refractivity contribution in [3.05, 3.63) is 0 Å². The van der Waals surface area contributed by atoms with Gasteiger partial charge in [0.05, 0.1) is 26.4 Å². The van der Waals surface area contributed by atoms with E-state index in [9.17, 15) is 43.2 Å². The molecule has 17 nitrogen and oxygen atoms in total. The SMILES string of the molecule is CCCCCCCCCCCCCCCCCCC(=O)O[C@H](COC(=O)CCCCCCCCCCCCC(C)C)COP(=O)(O)OC[C@@H](O)COP(=O)(O)OC[C@@H](COC(=O)CCCCCCCCCCC(C)CC)OC(=O)CCCCCCCCCCCC(C)C. The molecular weight excluding hydrogens is 1220 g/mol. The average Bonchev–Trinajstić information content (AvgIpc) is 3.44. The van der Waals surface area contributed by atoms with Crippen LogP contribution in [0.4, 0.5) is 0 Å². The van der Waals surface area contributed by atoms with Gasteiger partial charge in [-0.25, -0.2) is 9.13 Å². The van der Waals surface area contributed by atoms with Gasteiger partial charge < -0.3 is 33.8 Å². The Morgan fingerprint density at radius 2 is 0.548 bits per heavy atom. The first-order chi connectivity index (χ1) is 44.8. The van der Waals surface area contributed by atoms with E-state index in [1.807, 2.05) is 0 Å². The number of carbonyl (C=O) groups excluding carboxylic acids is 4. The van der Waals surface area contributed by atoms with Crippen LogP contribution in [0.5, 0.6) is 0 Å². The largest absolute Gasteiger partial charge is 0.472 e. The second kappa shape index (κ2) is 64.7. The molecule has 0 aliphatic heterocycles. The number of unbranched alkanes of at least 4 members (excludes halogenated alkanes) is 39. The van der Waals surface area contributed by atoms with E-state index in [4.69, 9.17) is 37.0 Å². The molecule has 0 aliphatic carbocycles. The molecule has 93 heavy (non-hydrogen) atoms. The van der Waals surface area contributed by atoms with E-state index in [0.29, 0.717) is 25.7 Å². The summed E-state index contributed by atoms with van der Waals surface area (Å²) in [6, 6.07) is 0. The number of esters is 4. The Balaban J connectivity index is 5.27. The molecule has 0 saturated carbocycles. The van der Waals surface area contributed by atoms with Crippen LogP contribution in [0.2, 0.25) is 0 Å². The van der Waals surface area contributed by atoms with Crippen LogP contribution in [0.25, 0.3) is 0 Å². The third-order valence-electron chi connectivity index (χ3n) is 17.5. The summed E-state index contributed by atoms with van der Waals surface area (Å²) in [6.07, 6.45) is 49.8. The van der Waals surface area contributed by atoms with Crippen LogP contribution in [0.3, 0.4) is 0 Å². The van der Waals surface area contributed by atoms with Gasteiger partial charge >= 0.3 is 39.5 Å². The van der Waals surface area contributed by atoms with Gasteiger partial charge in [0.15, 0.2) is 12.2 Å². The summed E-state index contributed by atoms with van der Waals surface area (Å²) in [5.74, 6) is 0.152. The maximum atomic E-state index is 13.1. The van der Waals surface area contributed by atoms with E-state index in [1.54, 1.807) is 0 Å². The quantitative estimate of drug-likeness (QED) is 0.0222. The highest BCUT2D eigenvalue weighted by Crippen LogP contribution is 2.45. The Kier molecular flexibility index (Phi) is 63.4. The van der Waals surface area contributed by atoms with Crippen LogP contribution in [0, 0.1) is 17.8 Å². The molecule has 19 heteroatoms. The van der Waals surface area contributed by atoms with Crippen LogP contribution in [0.1, 0.15) is 376 Å². The van der Waals surface area contributed by atoms with Crippen LogP contribution in [-0.2, 0) is 65.4 Å². The Bertz CT molecular complexity index is 1820. The summed E-state index contributed by atoms with van der Waals surface area (Å²) < 4.78 is 68.5. The van der Waals surface area contributed by atoms with Gasteiger partial charge in [-0.15, -0.1) is 0 Å². The molecule has 0 aromatic carbocycles. The molecule has 0 radical (unpaired) electrons. The number of aliphatic hydroxyl groups excluding tert-OH is 1.